The lowest BCUT2D eigenvalue weighted by atomic mass is 10.1. The summed E-state index contributed by atoms with van der Waals surface area (Å²) in [5, 5.41) is 4.63. The highest BCUT2D eigenvalue weighted by atomic mass is 32.2. The summed E-state index contributed by atoms with van der Waals surface area (Å²) in [6, 6.07) is 19.2. The maximum absolute atomic E-state index is 12.5. The van der Waals surface area contributed by atoms with Crippen LogP contribution in [0.15, 0.2) is 70.5 Å². The van der Waals surface area contributed by atoms with Crippen molar-refractivity contribution in [3.05, 3.63) is 66.4 Å². The van der Waals surface area contributed by atoms with E-state index in [-0.39, 0.29) is 12.1 Å². The molecule has 28 heavy (non-hydrogen) atoms. The smallest absolute Gasteiger partial charge is 0.350 e. The van der Waals surface area contributed by atoms with Gasteiger partial charge in [-0.2, -0.15) is 5.10 Å². The molecule has 0 spiro atoms. The van der Waals surface area contributed by atoms with Gasteiger partial charge in [0.15, 0.2) is 6.61 Å². The van der Waals surface area contributed by atoms with E-state index in [1.54, 1.807) is 16.8 Å². The Morgan fingerprint density at radius 2 is 1.64 bits per heavy atom. The molecule has 0 atom stereocenters. The number of carbonyl (C=O) groups is 1. The van der Waals surface area contributed by atoms with Crippen LogP contribution >= 0.6 is 11.8 Å². The zero-order valence-electron chi connectivity index (χ0n) is 16.5. The Balaban J connectivity index is 1.83. The molecule has 0 fully saturated rings. The van der Waals surface area contributed by atoms with Crippen LogP contribution in [0.2, 0.25) is 0 Å². The van der Waals surface area contributed by atoms with E-state index in [2.05, 4.69) is 5.10 Å². The largest absolute Gasteiger partial charge is 0.482 e. The molecule has 0 aliphatic carbocycles. The van der Waals surface area contributed by atoms with Crippen LogP contribution in [0.25, 0.3) is 0 Å². The third-order valence-electron chi connectivity index (χ3n) is 3.87. The van der Waals surface area contributed by atoms with Gasteiger partial charge in [0, 0.05) is 4.90 Å². The van der Waals surface area contributed by atoms with E-state index in [1.165, 1.54) is 11.8 Å². The fourth-order valence-electron chi connectivity index (χ4n) is 2.56. The third-order valence-corrected chi connectivity index (χ3v) is 5.06. The molecule has 0 N–H and O–H groups in total. The standard InChI is InChI=1S/C22H24N2O3S/c1-16-20(28-18-13-9-6-10-14-18)21(24(23-16)22(2,3)4)27-19(25)15-26-17-11-7-5-8-12-17/h5-14H,15H2,1-4H3. The number of aromatic nitrogens is 2. The molecule has 3 aromatic rings. The molecule has 1 heterocycles. The summed E-state index contributed by atoms with van der Waals surface area (Å²) in [6.45, 7) is 7.82. The van der Waals surface area contributed by atoms with Crippen molar-refractivity contribution in [1.82, 2.24) is 9.78 Å². The number of hydrogen-bond donors (Lipinski definition) is 0. The number of hydrogen-bond acceptors (Lipinski definition) is 5. The summed E-state index contributed by atoms with van der Waals surface area (Å²) >= 11 is 1.53. The molecule has 0 unspecified atom stereocenters. The molecule has 0 aliphatic heterocycles. The average molecular weight is 397 g/mol. The number of rotatable bonds is 6. The number of esters is 1. The maximum atomic E-state index is 12.5. The molecule has 146 valence electrons. The van der Waals surface area contributed by atoms with Crippen LogP contribution in [0.4, 0.5) is 0 Å². The molecule has 1 aromatic heterocycles. The van der Waals surface area contributed by atoms with Crippen LogP contribution in [0.3, 0.4) is 0 Å². The summed E-state index contributed by atoms with van der Waals surface area (Å²) in [6.07, 6.45) is 0. The van der Waals surface area contributed by atoms with Crippen LogP contribution in [-0.4, -0.2) is 22.4 Å². The minimum absolute atomic E-state index is 0.173. The lowest BCUT2D eigenvalue weighted by Crippen LogP contribution is -2.27. The summed E-state index contributed by atoms with van der Waals surface area (Å²) in [7, 11) is 0. The molecule has 6 heteroatoms. The number of para-hydroxylation sites is 1. The monoisotopic (exact) mass is 396 g/mol. The summed E-state index contributed by atoms with van der Waals surface area (Å²) < 4.78 is 13.0. The third kappa shape index (κ3) is 4.95. The first kappa shape index (κ1) is 20.0. The van der Waals surface area contributed by atoms with E-state index >= 15 is 0 Å². The van der Waals surface area contributed by atoms with Gasteiger partial charge in [-0.25, -0.2) is 9.48 Å². The Morgan fingerprint density at radius 1 is 1.04 bits per heavy atom. The second-order valence-corrected chi connectivity index (χ2v) is 8.38. The first-order valence-corrected chi connectivity index (χ1v) is 9.88. The fourth-order valence-corrected chi connectivity index (χ4v) is 3.49. The van der Waals surface area contributed by atoms with E-state index in [1.807, 2.05) is 76.2 Å². The number of benzene rings is 2. The second kappa shape index (κ2) is 8.52. The Kier molecular flexibility index (Phi) is 6.09. The van der Waals surface area contributed by atoms with Crippen molar-refractivity contribution < 1.29 is 14.3 Å². The van der Waals surface area contributed by atoms with Crippen molar-refractivity contribution >= 4 is 17.7 Å². The number of carbonyl (C=O) groups excluding carboxylic acids is 1. The summed E-state index contributed by atoms with van der Waals surface area (Å²) in [4.78, 5) is 14.4. The van der Waals surface area contributed by atoms with Crippen LogP contribution in [0.1, 0.15) is 26.5 Å². The first-order valence-electron chi connectivity index (χ1n) is 9.06. The molecule has 2 aromatic carbocycles. The zero-order chi connectivity index (χ0) is 20.1. The molecule has 5 nitrogen and oxygen atoms in total. The predicted octanol–water partition coefficient (Wildman–Crippen LogP) is 5.08. The quantitative estimate of drug-likeness (QED) is 0.544. The summed E-state index contributed by atoms with van der Waals surface area (Å²) in [5.74, 6) is 0.600. The van der Waals surface area contributed by atoms with Crippen molar-refractivity contribution in [2.75, 3.05) is 6.61 Å². The van der Waals surface area contributed by atoms with E-state index < -0.39 is 5.97 Å². The Hall–Kier alpha value is -2.73. The molecule has 0 saturated heterocycles. The van der Waals surface area contributed by atoms with Gasteiger partial charge in [0.2, 0.25) is 5.88 Å². The minimum atomic E-state index is -0.468. The average Bonchev–Trinajstić information content (AvgIpc) is 2.98. The highest BCUT2D eigenvalue weighted by Gasteiger charge is 2.27. The van der Waals surface area contributed by atoms with Gasteiger partial charge in [0.25, 0.3) is 0 Å². The van der Waals surface area contributed by atoms with Gasteiger partial charge in [0.05, 0.1) is 16.1 Å². The molecule has 0 amide bonds. The molecule has 0 radical (unpaired) electrons. The number of nitrogens with zero attached hydrogens (tertiary/aromatic N) is 2. The van der Waals surface area contributed by atoms with Crippen molar-refractivity contribution in [3.8, 4) is 11.6 Å². The predicted molar refractivity (Wildman–Crippen MR) is 110 cm³/mol. The Bertz CT molecular complexity index is 932. The van der Waals surface area contributed by atoms with Crippen LogP contribution in [-0.2, 0) is 10.3 Å². The van der Waals surface area contributed by atoms with Gasteiger partial charge in [-0.05, 0) is 52.0 Å². The fraction of sp³-hybridized carbons (Fsp3) is 0.273. The highest BCUT2D eigenvalue weighted by molar-refractivity contribution is 7.99. The zero-order valence-corrected chi connectivity index (χ0v) is 17.3. The molecule has 0 aliphatic rings. The SMILES string of the molecule is Cc1nn(C(C)(C)C)c(OC(=O)COc2ccccc2)c1Sc1ccccc1. The normalized spacial score (nSPS) is 11.3. The van der Waals surface area contributed by atoms with Crippen LogP contribution < -0.4 is 9.47 Å². The van der Waals surface area contributed by atoms with Gasteiger partial charge in [-0.3, -0.25) is 0 Å². The van der Waals surface area contributed by atoms with Gasteiger partial charge >= 0.3 is 5.97 Å². The van der Waals surface area contributed by atoms with E-state index in [9.17, 15) is 4.79 Å². The van der Waals surface area contributed by atoms with Crippen molar-refractivity contribution in [2.45, 2.75) is 43.0 Å². The summed E-state index contributed by atoms with van der Waals surface area (Å²) in [5.41, 5.74) is 0.478. The lowest BCUT2D eigenvalue weighted by Gasteiger charge is -2.22. The molecular weight excluding hydrogens is 372 g/mol. The molecule has 0 bridgehead atoms. The van der Waals surface area contributed by atoms with Gasteiger partial charge in [0.1, 0.15) is 5.75 Å². The van der Waals surface area contributed by atoms with Gasteiger partial charge in [-0.1, -0.05) is 48.2 Å². The van der Waals surface area contributed by atoms with Crippen LogP contribution in [0.5, 0.6) is 11.6 Å². The van der Waals surface area contributed by atoms with Crippen molar-refractivity contribution in [2.24, 2.45) is 0 Å². The maximum Gasteiger partial charge on any atom is 0.350 e. The number of aryl methyl sites for hydroxylation is 1. The Morgan fingerprint density at radius 3 is 2.25 bits per heavy atom. The lowest BCUT2D eigenvalue weighted by molar-refractivity contribution is -0.137. The van der Waals surface area contributed by atoms with Gasteiger partial charge in [-0.15, -0.1) is 0 Å². The topological polar surface area (TPSA) is 53.4 Å². The van der Waals surface area contributed by atoms with Crippen molar-refractivity contribution in [3.63, 3.8) is 0 Å². The Labute approximate surface area is 169 Å². The minimum Gasteiger partial charge on any atom is -0.482 e. The van der Waals surface area contributed by atoms with E-state index in [4.69, 9.17) is 9.47 Å². The second-order valence-electron chi connectivity index (χ2n) is 7.29. The van der Waals surface area contributed by atoms with Crippen LogP contribution in [0, 0.1) is 6.92 Å². The van der Waals surface area contributed by atoms with E-state index in [0.717, 1.165) is 15.5 Å². The molecule has 3 rings (SSSR count). The van der Waals surface area contributed by atoms with Gasteiger partial charge < -0.3 is 9.47 Å². The van der Waals surface area contributed by atoms with Crippen molar-refractivity contribution in [1.29, 1.82) is 0 Å². The molecule has 0 saturated carbocycles. The molecular formula is C22H24N2O3S. The van der Waals surface area contributed by atoms with E-state index in [0.29, 0.717) is 11.6 Å². The highest BCUT2D eigenvalue weighted by Crippen LogP contribution is 2.39. The first-order chi connectivity index (χ1) is 13.3. The number of ether oxygens (including phenoxy) is 2.